The Labute approximate surface area is 146 Å². The summed E-state index contributed by atoms with van der Waals surface area (Å²) in [4.78, 5) is 17.3. The number of aromatic amines is 1. The van der Waals surface area contributed by atoms with Crippen LogP contribution in [-0.2, 0) is 0 Å². The molecular formula is C19H14BrN3O. The molecule has 0 aliphatic rings. The van der Waals surface area contributed by atoms with Crippen LogP contribution in [-0.4, -0.2) is 14.6 Å². The van der Waals surface area contributed by atoms with Crippen LogP contribution in [0.15, 0.2) is 69.9 Å². The lowest BCUT2D eigenvalue weighted by Crippen LogP contribution is -2.14. The van der Waals surface area contributed by atoms with Crippen LogP contribution in [0, 0.1) is 6.92 Å². The number of hydrogen-bond acceptors (Lipinski definition) is 2. The van der Waals surface area contributed by atoms with Crippen LogP contribution >= 0.6 is 15.9 Å². The first kappa shape index (κ1) is 14.9. The van der Waals surface area contributed by atoms with Gasteiger partial charge in [-0.2, -0.15) is 0 Å². The van der Waals surface area contributed by atoms with Crippen LogP contribution in [0.5, 0.6) is 0 Å². The first-order valence-corrected chi connectivity index (χ1v) is 8.36. The highest BCUT2D eigenvalue weighted by Gasteiger charge is 2.15. The number of H-pyrrole nitrogens is 1. The summed E-state index contributed by atoms with van der Waals surface area (Å²) in [5, 5.41) is 3.12. The van der Waals surface area contributed by atoms with Crippen molar-refractivity contribution in [3.05, 3.63) is 81.2 Å². The van der Waals surface area contributed by atoms with Crippen molar-refractivity contribution < 1.29 is 0 Å². The molecule has 0 spiro atoms. The molecule has 2 aromatic heterocycles. The maximum absolute atomic E-state index is 12.5. The third kappa shape index (κ3) is 2.47. The third-order valence-corrected chi connectivity index (χ3v) is 4.53. The molecule has 1 N–H and O–H groups in total. The summed E-state index contributed by atoms with van der Waals surface area (Å²) in [5.74, 6) is 0. The van der Waals surface area contributed by atoms with Crippen LogP contribution in [0.2, 0.25) is 0 Å². The second-order valence-corrected chi connectivity index (χ2v) is 6.54. The Balaban J connectivity index is 2.01. The van der Waals surface area contributed by atoms with E-state index in [0.29, 0.717) is 11.3 Å². The molecular weight excluding hydrogens is 366 g/mol. The van der Waals surface area contributed by atoms with Crippen molar-refractivity contribution in [1.29, 1.82) is 0 Å². The molecule has 0 atom stereocenters. The summed E-state index contributed by atoms with van der Waals surface area (Å²) in [7, 11) is 0. The number of hydrogen-bond donors (Lipinski definition) is 1. The summed E-state index contributed by atoms with van der Waals surface area (Å²) in [6.07, 6.45) is 0. The summed E-state index contributed by atoms with van der Waals surface area (Å²) in [5.41, 5.74) is 5.00. The lowest BCUT2D eigenvalue weighted by molar-refractivity contribution is 0.882. The van der Waals surface area contributed by atoms with Crippen LogP contribution < -0.4 is 5.56 Å². The highest BCUT2D eigenvalue weighted by molar-refractivity contribution is 9.10. The van der Waals surface area contributed by atoms with E-state index >= 15 is 0 Å². The summed E-state index contributed by atoms with van der Waals surface area (Å²) >= 11 is 3.45. The van der Waals surface area contributed by atoms with Crippen molar-refractivity contribution in [2.24, 2.45) is 0 Å². The highest BCUT2D eigenvalue weighted by atomic mass is 79.9. The van der Waals surface area contributed by atoms with Crippen LogP contribution in [0.25, 0.3) is 28.0 Å². The Morgan fingerprint density at radius 3 is 2.42 bits per heavy atom. The monoisotopic (exact) mass is 379 g/mol. The number of benzene rings is 2. The number of rotatable bonds is 2. The van der Waals surface area contributed by atoms with Crippen molar-refractivity contribution in [3.8, 4) is 22.4 Å². The Bertz CT molecular complexity index is 1080. The molecule has 0 aliphatic heterocycles. The Hall–Kier alpha value is -2.66. The third-order valence-electron chi connectivity index (χ3n) is 4.00. The number of aryl methyl sites for hydroxylation is 1. The SMILES string of the molecule is Cc1[nH]n2c(=O)cc(-c3ccccc3)nc2c1-c1ccc(Br)cc1. The minimum atomic E-state index is -0.120. The fourth-order valence-corrected chi connectivity index (χ4v) is 3.13. The number of nitrogens with zero attached hydrogens (tertiary/aromatic N) is 2. The van der Waals surface area contributed by atoms with Crippen molar-refractivity contribution >= 4 is 21.6 Å². The van der Waals surface area contributed by atoms with Crippen molar-refractivity contribution in [2.45, 2.75) is 6.92 Å². The number of fused-ring (bicyclic) bond motifs is 1. The second kappa shape index (κ2) is 5.76. The summed E-state index contributed by atoms with van der Waals surface area (Å²) in [6, 6.07) is 19.3. The van der Waals surface area contributed by atoms with Gasteiger partial charge in [0.15, 0.2) is 5.65 Å². The van der Waals surface area contributed by atoms with E-state index in [4.69, 9.17) is 4.98 Å². The molecule has 5 heteroatoms. The van der Waals surface area contributed by atoms with Gasteiger partial charge in [0.1, 0.15) is 0 Å². The van der Waals surface area contributed by atoms with E-state index in [1.807, 2.05) is 61.5 Å². The Morgan fingerprint density at radius 1 is 1.00 bits per heavy atom. The topological polar surface area (TPSA) is 50.2 Å². The van der Waals surface area contributed by atoms with Crippen molar-refractivity contribution in [3.63, 3.8) is 0 Å². The predicted octanol–water partition coefficient (Wildman–Crippen LogP) is 4.43. The zero-order chi connectivity index (χ0) is 16.7. The van der Waals surface area contributed by atoms with E-state index in [1.165, 1.54) is 4.52 Å². The predicted molar refractivity (Wildman–Crippen MR) is 99.1 cm³/mol. The van der Waals surface area contributed by atoms with Gasteiger partial charge in [-0.1, -0.05) is 58.4 Å². The first-order chi connectivity index (χ1) is 11.6. The van der Waals surface area contributed by atoms with E-state index in [-0.39, 0.29) is 5.56 Å². The molecule has 4 nitrogen and oxygen atoms in total. The van der Waals surface area contributed by atoms with Gasteiger partial charge in [-0.25, -0.2) is 9.50 Å². The van der Waals surface area contributed by atoms with Gasteiger partial charge in [0.05, 0.1) is 5.69 Å². The molecule has 2 heterocycles. The van der Waals surface area contributed by atoms with Gasteiger partial charge in [0.2, 0.25) is 0 Å². The van der Waals surface area contributed by atoms with Gasteiger partial charge in [-0.3, -0.25) is 9.89 Å². The number of aromatic nitrogens is 3. The molecule has 0 amide bonds. The normalized spacial score (nSPS) is 11.1. The van der Waals surface area contributed by atoms with Gasteiger partial charge in [0, 0.05) is 27.4 Å². The van der Waals surface area contributed by atoms with Crippen LogP contribution in [0.3, 0.4) is 0 Å². The maximum atomic E-state index is 12.5. The minimum absolute atomic E-state index is 0.120. The first-order valence-electron chi connectivity index (χ1n) is 7.57. The highest BCUT2D eigenvalue weighted by Crippen LogP contribution is 2.28. The van der Waals surface area contributed by atoms with E-state index < -0.39 is 0 Å². The molecule has 24 heavy (non-hydrogen) atoms. The van der Waals surface area contributed by atoms with Gasteiger partial charge in [-0.15, -0.1) is 0 Å². The Morgan fingerprint density at radius 2 is 1.71 bits per heavy atom. The van der Waals surface area contributed by atoms with Crippen LogP contribution in [0.1, 0.15) is 5.69 Å². The molecule has 0 radical (unpaired) electrons. The van der Waals surface area contributed by atoms with Crippen molar-refractivity contribution in [2.75, 3.05) is 0 Å². The fraction of sp³-hybridized carbons (Fsp3) is 0.0526. The molecule has 0 unspecified atom stereocenters. The van der Waals surface area contributed by atoms with Gasteiger partial charge in [-0.05, 0) is 24.6 Å². The zero-order valence-electron chi connectivity index (χ0n) is 13.0. The Kier molecular flexibility index (Phi) is 3.58. The average Bonchev–Trinajstić information content (AvgIpc) is 2.93. The van der Waals surface area contributed by atoms with Crippen molar-refractivity contribution in [1.82, 2.24) is 14.6 Å². The molecule has 0 aliphatic carbocycles. The second-order valence-electron chi connectivity index (χ2n) is 5.62. The summed E-state index contributed by atoms with van der Waals surface area (Å²) < 4.78 is 2.51. The summed E-state index contributed by atoms with van der Waals surface area (Å²) in [6.45, 7) is 1.95. The van der Waals surface area contributed by atoms with E-state index in [9.17, 15) is 4.79 Å². The van der Waals surface area contributed by atoms with Gasteiger partial charge < -0.3 is 0 Å². The zero-order valence-corrected chi connectivity index (χ0v) is 14.5. The number of nitrogens with one attached hydrogen (secondary N) is 1. The largest absolute Gasteiger partial charge is 0.293 e. The lowest BCUT2D eigenvalue weighted by atomic mass is 10.1. The molecule has 4 aromatic rings. The smallest absolute Gasteiger partial charge is 0.273 e. The molecule has 0 bridgehead atoms. The van der Waals surface area contributed by atoms with Crippen LogP contribution in [0.4, 0.5) is 0 Å². The number of halogens is 1. The lowest BCUT2D eigenvalue weighted by Gasteiger charge is -2.04. The van der Waals surface area contributed by atoms with Gasteiger partial charge in [0.25, 0.3) is 5.56 Å². The quantitative estimate of drug-likeness (QED) is 0.560. The molecule has 2 aromatic carbocycles. The average molecular weight is 380 g/mol. The fourth-order valence-electron chi connectivity index (χ4n) is 2.87. The molecule has 0 saturated heterocycles. The van der Waals surface area contributed by atoms with E-state index in [1.54, 1.807) is 6.07 Å². The van der Waals surface area contributed by atoms with E-state index in [2.05, 4.69) is 21.0 Å². The van der Waals surface area contributed by atoms with Gasteiger partial charge >= 0.3 is 0 Å². The molecule has 0 saturated carbocycles. The minimum Gasteiger partial charge on any atom is -0.293 e. The van der Waals surface area contributed by atoms with E-state index in [0.717, 1.165) is 26.9 Å². The molecule has 118 valence electrons. The molecule has 0 fully saturated rings. The molecule has 4 rings (SSSR count). The standard InChI is InChI=1S/C19H14BrN3O/c1-12-18(14-7-9-15(20)10-8-14)19-21-16(11-17(24)23(19)22-12)13-5-3-2-4-6-13/h2-11,22H,1H3. The maximum Gasteiger partial charge on any atom is 0.273 e.